The molecular formula is C53H38N4Na6O19S4. The minimum atomic E-state index is -5.54. The molecule has 6 aromatic rings. The van der Waals surface area contributed by atoms with E-state index in [0.29, 0.717) is 34.9 Å². The fourth-order valence-electron chi connectivity index (χ4n) is 9.21. The van der Waals surface area contributed by atoms with E-state index >= 15 is 0 Å². The van der Waals surface area contributed by atoms with Gasteiger partial charge >= 0.3 is 177 Å². The molecule has 0 spiro atoms. The summed E-state index contributed by atoms with van der Waals surface area (Å²) in [7, 11) is -20.7. The maximum Gasteiger partial charge on any atom is 1.00 e. The van der Waals surface area contributed by atoms with Crippen LogP contribution >= 0.6 is 0 Å². The van der Waals surface area contributed by atoms with Gasteiger partial charge in [0.1, 0.15) is 30.9 Å². The molecule has 414 valence electrons. The Kier molecular flexibility index (Phi) is 28.0. The first-order valence-electron chi connectivity index (χ1n) is 23.0. The minimum absolute atomic E-state index is 0. The summed E-state index contributed by atoms with van der Waals surface area (Å²) in [6.45, 7) is 9.09. The molecular weight excluding hydrogens is 1260 g/mol. The number of fused-ring (bicyclic) bond motifs is 2. The van der Waals surface area contributed by atoms with Gasteiger partial charge in [-0.1, -0.05) is 65.2 Å². The van der Waals surface area contributed by atoms with Crippen LogP contribution in [0.5, 0.6) is 0 Å². The van der Waals surface area contributed by atoms with Gasteiger partial charge in [-0.05, 0) is 111 Å². The van der Waals surface area contributed by atoms with Crippen molar-refractivity contribution in [3.05, 3.63) is 164 Å². The molecule has 86 heavy (non-hydrogen) atoms. The molecule has 0 bridgehead atoms. The number of carboxylic acid groups (broad SMARTS) is 4. The van der Waals surface area contributed by atoms with Crippen molar-refractivity contribution in [2.24, 2.45) is 0 Å². The van der Waals surface area contributed by atoms with Crippen molar-refractivity contribution < 1.29 is 269 Å². The maximum atomic E-state index is 13.9. The number of benzene rings is 7. The normalized spacial score (nSPS) is 11.5. The monoisotopic (exact) mass is 1300 g/mol. The summed E-state index contributed by atoms with van der Waals surface area (Å²) in [5.74, 6) is -7.73. The second kappa shape index (κ2) is 30.4. The second-order valence-electron chi connectivity index (χ2n) is 18.2. The Morgan fingerprint density at radius 3 is 1.44 bits per heavy atom. The van der Waals surface area contributed by atoms with Gasteiger partial charge in [0.25, 0.3) is 20.0 Å². The van der Waals surface area contributed by atoms with E-state index < -0.39 is 111 Å². The van der Waals surface area contributed by atoms with Crippen LogP contribution in [0.2, 0.25) is 0 Å². The smallest absolute Gasteiger partial charge is 0.744 e. The Balaban J connectivity index is 0.00000420. The van der Waals surface area contributed by atoms with Crippen LogP contribution in [-0.2, 0) is 40.3 Å². The third-order valence-corrected chi connectivity index (χ3v) is 17.4. The number of carbonyl (C=O) groups is 4. The van der Waals surface area contributed by atoms with Crippen LogP contribution in [0.15, 0.2) is 121 Å². The molecule has 0 atom stereocenters. The van der Waals surface area contributed by atoms with Crippen molar-refractivity contribution in [3.8, 4) is 22.5 Å². The maximum absolute atomic E-state index is 13.9. The van der Waals surface area contributed by atoms with Crippen LogP contribution in [0.3, 0.4) is 0 Å². The van der Waals surface area contributed by atoms with E-state index in [2.05, 4.69) is 25.8 Å². The molecule has 1 heterocycles. The average Bonchev–Trinajstić information content (AvgIpc) is 0.964. The number of aryl methyl sites for hydroxylation is 4. The molecule has 1 aliphatic carbocycles. The van der Waals surface area contributed by atoms with Crippen molar-refractivity contribution in [2.75, 3.05) is 14.8 Å². The molecule has 0 saturated carbocycles. The van der Waals surface area contributed by atoms with Crippen LogP contribution in [0, 0.1) is 47.6 Å². The van der Waals surface area contributed by atoms with Crippen LogP contribution in [0.25, 0.3) is 33.4 Å². The molecule has 33 heteroatoms. The minimum Gasteiger partial charge on any atom is -0.744 e. The number of carboxylic acids is 4. The number of nitrogens with one attached hydrogen (secondary N) is 4. The van der Waals surface area contributed by atoms with Gasteiger partial charge in [-0.3, -0.25) is 9.44 Å². The van der Waals surface area contributed by atoms with Crippen molar-refractivity contribution in [1.29, 1.82) is 0 Å². The Bertz CT molecular complexity index is 4600. The van der Waals surface area contributed by atoms with Gasteiger partial charge in [0.15, 0.2) is 0 Å². The zero-order valence-corrected chi connectivity index (χ0v) is 63.4. The van der Waals surface area contributed by atoms with Crippen LogP contribution in [0.1, 0.15) is 74.8 Å². The van der Waals surface area contributed by atoms with Gasteiger partial charge in [-0.2, -0.15) is 12.1 Å². The Morgan fingerprint density at radius 1 is 0.500 bits per heavy atom. The third-order valence-electron chi connectivity index (χ3n) is 12.8. The van der Waals surface area contributed by atoms with Gasteiger partial charge in [0.2, 0.25) is 11.0 Å². The summed E-state index contributed by atoms with van der Waals surface area (Å²) in [4.78, 5) is 46.5. The second-order valence-corrected chi connectivity index (χ2v) is 24.2. The molecule has 0 amide bonds. The van der Waals surface area contributed by atoms with Crippen LogP contribution in [-0.4, -0.2) is 66.7 Å². The molecule has 0 aromatic heterocycles. The number of anilines is 4. The van der Waals surface area contributed by atoms with Gasteiger partial charge in [0.05, 0.1) is 56.0 Å². The fraction of sp³-hybridized carbons (Fsp3) is 0.113. The van der Waals surface area contributed by atoms with E-state index in [1.54, 1.807) is 19.9 Å². The zero-order chi connectivity index (χ0) is 58.9. The third kappa shape index (κ3) is 16.6. The molecule has 23 nitrogen and oxygen atoms in total. The Morgan fingerprint density at radius 2 is 0.965 bits per heavy atom. The van der Waals surface area contributed by atoms with Crippen molar-refractivity contribution >= 4 is 104 Å². The quantitative estimate of drug-likeness (QED) is 0.0302. The number of rotatable bonds is 16. The predicted octanol–water partition coefficient (Wildman–Crippen LogP) is -17.2. The molecule has 0 fully saturated rings. The average molecular weight is 1300 g/mol. The van der Waals surface area contributed by atoms with E-state index in [1.807, 2.05) is 0 Å². The van der Waals surface area contributed by atoms with E-state index in [4.69, 9.17) is 4.42 Å². The van der Waals surface area contributed by atoms with Crippen molar-refractivity contribution in [2.45, 2.75) is 61.1 Å². The summed E-state index contributed by atoms with van der Waals surface area (Å²) >= 11 is 0. The van der Waals surface area contributed by atoms with Gasteiger partial charge in [-0.25, -0.2) is 38.7 Å². The summed E-state index contributed by atoms with van der Waals surface area (Å²) in [5.41, 5.74) is -2.02. The summed E-state index contributed by atoms with van der Waals surface area (Å²) < 4.78 is 145. The standard InChI is InChI=1S/C53H43N4O19S4.6Na/c1-24-17-26(3)48(56-77(66,67)42-19-30(50(58)59)11-14-35(42)52(62)63)28(5)46(24)54-32-13-16-33-39(21-32)76-40-23-38(44(80(73,74)75)22-37(40)45(33)34-9-7-8-10-41(34)79(70,71)72)55-47-25(2)18-27(4)49(29(47)6)57-78(68,69)43-20-31(51(60)61)12-15-36(43)53(64)65;;;;;;/h7-12,14-23,54,56-57H,1-6H3,(H,58,59)(H,60,61)(H,62,63)(H,64,65)(H,70,71,72)(H,73,74,75);;;;;;/q-1;6*+1/p-5. The first-order chi connectivity index (χ1) is 37.2. The summed E-state index contributed by atoms with van der Waals surface area (Å²) in [5, 5.41) is 49.9. The number of hydrogen-bond acceptors (Lipinski definition) is 20. The summed E-state index contributed by atoms with van der Waals surface area (Å²) in [6, 6.07) is 19.8. The van der Waals surface area contributed by atoms with Crippen LogP contribution < -0.4 is 223 Å². The van der Waals surface area contributed by atoms with E-state index in [9.17, 15) is 82.4 Å². The molecule has 1 aliphatic heterocycles. The SMILES string of the molecule is Cc1cc(C)c(NS(=O)(=O)c2cc(C(=O)[O-])ccc2C(=O)[O-])c(C)c1Nc1[c-]cc2c(-c3ccccc3S(=O)(=O)[O-])c3cc(S(=O)(=O)[O-])c(=[NH+]c4c(C)cc(C)c(NS(=O)(=O)c5cc(C(=O)[O-])ccc5C(=O)[O-])c4C)cc-3oc2c1.[Na+].[Na+].[Na+].[Na+].[Na+].[Na+]. The van der Waals surface area contributed by atoms with E-state index in [0.717, 1.165) is 36.4 Å². The van der Waals surface area contributed by atoms with Crippen molar-refractivity contribution in [1.82, 2.24) is 0 Å². The Labute approximate surface area is 626 Å². The number of sulfonamides is 2. The molecule has 0 saturated heterocycles. The van der Waals surface area contributed by atoms with Crippen molar-refractivity contribution in [3.63, 3.8) is 0 Å². The van der Waals surface area contributed by atoms with E-state index in [-0.39, 0.29) is 256 Å². The fourth-order valence-corrected chi connectivity index (χ4v) is 13.4. The predicted molar refractivity (Wildman–Crippen MR) is 273 cm³/mol. The number of aromatic carboxylic acids is 4. The molecule has 4 N–H and O–H groups in total. The number of hydrogen-bond donors (Lipinski definition) is 4. The largest absolute Gasteiger partial charge is 1.00 e. The van der Waals surface area contributed by atoms with Gasteiger partial charge < -0.3 is 58.4 Å². The molecule has 0 unspecified atom stereocenters. The summed E-state index contributed by atoms with van der Waals surface area (Å²) in [6.07, 6.45) is 0. The molecule has 6 aromatic carbocycles. The first-order valence-corrected chi connectivity index (χ1v) is 28.7. The Hall–Kier alpha value is -2.99. The number of carbonyl (C=O) groups excluding carboxylic acids is 4. The van der Waals surface area contributed by atoms with E-state index in [1.165, 1.54) is 64.1 Å². The zero-order valence-electron chi connectivity index (χ0n) is 48.1. The van der Waals surface area contributed by atoms with Gasteiger partial charge in [-0.15, -0.1) is 6.07 Å². The molecule has 0 radical (unpaired) electrons. The molecule has 2 aliphatic rings. The molecule has 8 rings (SSSR count). The van der Waals surface area contributed by atoms with Crippen LogP contribution in [0.4, 0.5) is 28.4 Å². The topological polar surface area (TPSA) is 406 Å². The first kappa shape index (κ1) is 79.1. The van der Waals surface area contributed by atoms with Gasteiger partial charge in [0, 0.05) is 39.1 Å².